The third-order valence-corrected chi connectivity index (χ3v) is 6.67. The molecule has 27 heavy (non-hydrogen) atoms. The van der Waals surface area contributed by atoms with E-state index in [4.69, 9.17) is 4.74 Å². The molecule has 0 saturated heterocycles. The third kappa shape index (κ3) is 4.19. The molecule has 1 unspecified atom stereocenters. The van der Waals surface area contributed by atoms with Crippen LogP contribution in [0.3, 0.4) is 0 Å². The van der Waals surface area contributed by atoms with E-state index in [9.17, 15) is 14.4 Å². The van der Waals surface area contributed by atoms with Gasteiger partial charge < -0.3 is 4.74 Å². The second kappa shape index (κ2) is 8.43. The monoisotopic (exact) mass is 409 g/mol. The molecule has 9 heteroatoms. The first-order chi connectivity index (χ1) is 12.9. The Morgan fingerprint density at radius 3 is 2.89 bits per heavy atom. The number of imide groups is 1. The van der Waals surface area contributed by atoms with Crippen molar-refractivity contribution in [1.82, 2.24) is 14.9 Å². The van der Waals surface area contributed by atoms with Crippen LogP contribution in [0.5, 0.6) is 0 Å². The Labute approximate surface area is 165 Å². The molecule has 0 spiro atoms. The van der Waals surface area contributed by atoms with Gasteiger partial charge in [0.2, 0.25) is 5.91 Å². The highest BCUT2D eigenvalue weighted by atomic mass is 32.2. The molecule has 2 aromatic rings. The Hall–Kier alpha value is -1.87. The van der Waals surface area contributed by atoms with Gasteiger partial charge in [0.1, 0.15) is 4.83 Å². The number of nitrogens with one attached hydrogen (secondary N) is 1. The zero-order valence-electron chi connectivity index (χ0n) is 15.7. The van der Waals surface area contributed by atoms with Gasteiger partial charge in [-0.2, -0.15) is 0 Å². The molecule has 2 heterocycles. The number of amides is 2. The molecule has 0 radical (unpaired) electrons. The van der Waals surface area contributed by atoms with E-state index in [-0.39, 0.29) is 17.9 Å². The Morgan fingerprint density at radius 2 is 2.19 bits per heavy atom. The summed E-state index contributed by atoms with van der Waals surface area (Å²) in [5.41, 5.74) is 1.12. The molecule has 7 nitrogen and oxygen atoms in total. The minimum absolute atomic E-state index is 0.0150. The van der Waals surface area contributed by atoms with E-state index >= 15 is 0 Å². The lowest BCUT2D eigenvalue weighted by Crippen LogP contribution is -2.32. The van der Waals surface area contributed by atoms with Crippen LogP contribution in [0.15, 0.2) is 9.95 Å². The van der Waals surface area contributed by atoms with Gasteiger partial charge in [-0.1, -0.05) is 18.7 Å². The number of fused-ring (bicyclic) bond motifs is 3. The molecule has 1 aliphatic carbocycles. The fourth-order valence-corrected chi connectivity index (χ4v) is 5.53. The lowest BCUT2D eigenvalue weighted by atomic mass is 9.89. The summed E-state index contributed by atoms with van der Waals surface area (Å²) in [6.45, 7) is 6.46. The molecule has 0 aliphatic heterocycles. The van der Waals surface area contributed by atoms with Crippen LogP contribution in [-0.4, -0.2) is 33.9 Å². The van der Waals surface area contributed by atoms with Gasteiger partial charge in [-0.05, 0) is 44.6 Å². The Bertz CT molecular complexity index is 935. The molecule has 1 N–H and O–H groups in total. The van der Waals surface area contributed by atoms with Crippen LogP contribution < -0.4 is 10.9 Å². The van der Waals surface area contributed by atoms with Crippen LogP contribution in [-0.2, 0) is 28.9 Å². The second-order valence-corrected chi connectivity index (χ2v) is 8.56. The van der Waals surface area contributed by atoms with Crippen LogP contribution >= 0.6 is 23.1 Å². The van der Waals surface area contributed by atoms with Crippen LogP contribution in [0.2, 0.25) is 0 Å². The maximum Gasteiger partial charge on any atom is 0.413 e. The van der Waals surface area contributed by atoms with Gasteiger partial charge in [0.25, 0.3) is 5.56 Å². The van der Waals surface area contributed by atoms with Gasteiger partial charge in [0.05, 0.1) is 17.7 Å². The lowest BCUT2D eigenvalue weighted by Gasteiger charge is -2.17. The van der Waals surface area contributed by atoms with Gasteiger partial charge >= 0.3 is 6.09 Å². The zero-order valence-corrected chi connectivity index (χ0v) is 17.3. The highest BCUT2D eigenvalue weighted by Crippen LogP contribution is 2.36. The number of thiophene rings is 1. The van der Waals surface area contributed by atoms with Crippen molar-refractivity contribution in [2.75, 3.05) is 12.4 Å². The third-order valence-electron chi connectivity index (χ3n) is 4.55. The van der Waals surface area contributed by atoms with Gasteiger partial charge in [0, 0.05) is 11.4 Å². The SMILES string of the molecule is CCOC(=O)NC(=O)CSc1nc2sc3c(c2c(=O)n1CC)CCC(C)C3. The van der Waals surface area contributed by atoms with E-state index in [0.29, 0.717) is 17.6 Å². The zero-order chi connectivity index (χ0) is 19.6. The van der Waals surface area contributed by atoms with E-state index in [2.05, 4.69) is 17.2 Å². The molecular formula is C18H23N3O4S2. The molecule has 0 fully saturated rings. The largest absolute Gasteiger partial charge is 0.450 e. The predicted octanol–water partition coefficient (Wildman–Crippen LogP) is 2.97. The van der Waals surface area contributed by atoms with Gasteiger partial charge in [0.15, 0.2) is 5.16 Å². The molecule has 1 aliphatic rings. The maximum atomic E-state index is 13.0. The van der Waals surface area contributed by atoms with Gasteiger partial charge in [-0.3, -0.25) is 19.5 Å². The van der Waals surface area contributed by atoms with Crippen molar-refractivity contribution < 1.29 is 14.3 Å². The highest BCUT2D eigenvalue weighted by Gasteiger charge is 2.24. The summed E-state index contributed by atoms with van der Waals surface area (Å²) in [6.07, 6.45) is 2.24. The molecule has 0 saturated carbocycles. The molecule has 1 atom stereocenters. The standard InChI is InChI=1S/C18H23N3O4S2/c1-4-21-16(23)14-11-7-6-10(3)8-12(11)27-15(14)20-17(21)26-9-13(22)19-18(24)25-5-2/h10H,4-9H2,1-3H3,(H,19,22,24). The number of carbonyl (C=O) groups is 2. The number of carbonyl (C=O) groups excluding carboxylic acids is 2. The average molecular weight is 410 g/mol. The quantitative estimate of drug-likeness (QED) is 0.603. The minimum Gasteiger partial charge on any atom is -0.450 e. The van der Waals surface area contributed by atoms with Crippen LogP contribution in [0.25, 0.3) is 10.2 Å². The second-order valence-electron chi connectivity index (χ2n) is 6.53. The Balaban J connectivity index is 1.87. The highest BCUT2D eigenvalue weighted by molar-refractivity contribution is 7.99. The van der Waals surface area contributed by atoms with Crippen molar-refractivity contribution in [2.24, 2.45) is 5.92 Å². The first kappa shape index (κ1) is 19.9. The number of thioether (sulfide) groups is 1. The molecular weight excluding hydrogens is 386 g/mol. The van der Waals surface area contributed by atoms with E-state index in [1.54, 1.807) is 22.8 Å². The number of hydrogen-bond acceptors (Lipinski definition) is 7. The van der Waals surface area contributed by atoms with Crippen molar-refractivity contribution in [2.45, 2.75) is 51.7 Å². The molecule has 2 amide bonds. The molecule has 0 bridgehead atoms. The van der Waals surface area contributed by atoms with E-state index < -0.39 is 12.0 Å². The van der Waals surface area contributed by atoms with Crippen molar-refractivity contribution in [1.29, 1.82) is 0 Å². The van der Waals surface area contributed by atoms with E-state index in [0.717, 1.165) is 46.8 Å². The molecule has 2 aromatic heterocycles. The Kier molecular flexibility index (Phi) is 6.21. The number of rotatable bonds is 5. The average Bonchev–Trinajstić information content (AvgIpc) is 2.97. The van der Waals surface area contributed by atoms with Crippen molar-refractivity contribution in [3.8, 4) is 0 Å². The fourth-order valence-electron chi connectivity index (χ4n) is 3.24. The summed E-state index contributed by atoms with van der Waals surface area (Å²) < 4.78 is 6.30. The van der Waals surface area contributed by atoms with Crippen LogP contribution in [0.1, 0.15) is 37.6 Å². The number of alkyl carbamates (subject to hydrolysis) is 1. The topological polar surface area (TPSA) is 90.3 Å². The van der Waals surface area contributed by atoms with Gasteiger partial charge in [-0.25, -0.2) is 9.78 Å². The molecule has 3 rings (SSSR count). The summed E-state index contributed by atoms with van der Waals surface area (Å²) in [5.74, 6) is 0.132. The first-order valence-corrected chi connectivity index (χ1v) is 10.9. The Morgan fingerprint density at radius 1 is 1.41 bits per heavy atom. The molecule has 146 valence electrons. The number of aryl methyl sites for hydroxylation is 1. The van der Waals surface area contributed by atoms with Crippen molar-refractivity contribution >= 4 is 45.3 Å². The fraction of sp³-hybridized carbons (Fsp3) is 0.556. The van der Waals surface area contributed by atoms with Crippen LogP contribution in [0.4, 0.5) is 4.79 Å². The minimum atomic E-state index is -0.764. The summed E-state index contributed by atoms with van der Waals surface area (Å²) in [7, 11) is 0. The van der Waals surface area contributed by atoms with Crippen molar-refractivity contribution in [3.05, 3.63) is 20.8 Å². The number of ether oxygens (including phenoxy) is 1. The van der Waals surface area contributed by atoms with Crippen molar-refractivity contribution in [3.63, 3.8) is 0 Å². The first-order valence-electron chi connectivity index (χ1n) is 9.09. The van der Waals surface area contributed by atoms with E-state index in [1.807, 2.05) is 6.92 Å². The summed E-state index contributed by atoms with van der Waals surface area (Å²) in [4.78, 5) is 42.9. The number of hydrogen-bond donors (Lipinski definition) is 1. The number of nitrogens with zero attached hydrogens (tertiary/aromatic N) is 2. The summed E-state index contributed by atoms with van der Waals surface area (Å²) >= 11 is 2.74. The summed E-state index contributed by atoms with van der Waals surface area (Å²) in [6, 6.07) is 0. The summed E-state index contributed by atoms with van der Waals surface area (Å²) in [5, 5.41) is 3.39. The lowest BCUT2D eigenvalue weighted by molar-refractivity contribution is -0.117. The molecule has 0 aromatic carbocycles. The normalized spacial score (nSPS) is 16.2. The van der Waals surface area contributed by atoms with Crippen LogP contribution in [0, 0.1) is 5.92 Å². The maximum absolute atomic E-state index is 13.0. The predicted molar refractivity (Wildman–Crippen MR) is 107 cm³/mol. The smallest absolute Gasteiger partial charge is 0.413 e. The van der Waals surface area contributed by atoms with Gasteiger partial charge in [-0.15, -0.1) is 11.3 Å². The number of aromatic nitrogens is 2. The van der Waals surface area contributed by atoms with E-state index in [1.165, 1.54) is 4.88 Å².